The molecule has 0 saturated carbocycles. The molecule has 0 radical (unpaired) electrons. The van der Waals surface area contributed by atoms with Crippen LogP contribution in [-0.4, -0.2) is 36.3 Å². The lowest BCUT2D eigenvalue weighted by molar-refractivity contribution is -0.145. The second kappa shape index (κ2) is 12.8. The highest BCUT2D eigenvalue weighted by molar-refractivity contribution is 7.07. The molecular weight excluding hydrogens is 559 g/mol. The molecule has 0 aliphatic carbocycles. The van der Waals surface area contributed by atoms with Gasteiger partial charge in [0.2, 0.25) is 0 Å². The fourth-order valence-corrected chi connectivity index (χ4v) is 5.56. The SMILES string of the molecule is CCOC(=O)COc1ccc(C=c2sc3n(c2=O)C(c2ccc(F)cc2)C(C(=O)OCC)=C(c2ccccc2)N=3)cc1. The van der Waals surface area contributed by atoms with Gasteiger partial charge in [-0.25, -0.2) is 19.0 Å². The van der Waals surface area contributed by atoms with Gasteiger partial charge in [-0.3, -0.25) is 9.36 Å². The number of aromatic nitrogens is 1. The molecule has 214 valence electrons. The minimum atomic E-state index is -0.892. The van der Waals surface area contributed by atoms with Gasteiger partial charge in [-0.05, 0) is 55.3 Å². The molecule has 4 aromatic rings. The molecule has 1 unspecified atom stereocenters. The third kappa shape index (κ3) is 6.08. The predicted octanol–water partition coefficient (Wildman–Crippen LogP) is 4.02. The largest absolute Gasteiger partial charge is 0.482 e. The number of benzene rings is 3. The molecule has 1 aliphatic rings. The Bertz CT molecular complexity index is 1810. The molecule has 1 aliphatic heterocycles. The van der Waals surface area contributed by atoms with E-state index in [1.165, 1.54) is 28.0 Å². The fourth-order valence-electron chi connectivity index (χ4n) is 4.56. The van der Waals surface area contributed by atoms with Crippen molar-refractivity contribution < 1.29 is 28.2 Å². The van der Waals surface area contributed by atoms with Gasteiger partial charge in [0.15, 0.2) is 11.4 Å². The van der Waals surface area contributed by atoms with Crippen LogP contribution in [0, 0.1) is 5.82 Å². The van der Waals surface area contributed by atoms with Crippen molar-refractivity contribution in [3.05, 3.63) is 127 Å². The topological polar surface area (TPSA) is 96.2 Å². The van der Waals surface area contributed by atoms with E-state index in [1.807, 2.05) is 30.3 Å². The Hall–Kier alpha value is -4.83. The number of carbonyl (C=O) groups is 2. The quantitative estimate of drug-likeness (QED) is 0.275. The van der Waals surface area contributed by atoms with E-state index in [0.29, 0.717) is 31.9 Å². The fraction of sp³-hybridized carbons (Fsp3) is 0.188. The van der Waals surface area contributed by atoms with Crippen molar-refractivity contribution in [3.8, 4) is 5.75 Å². The van der Waals surface area contributed by atoms with Crippen LogP contribution in [0.3, 0.4) is 0 Å². The number of ether oxygens (including phenoxy) is 3. The molecule has 42 heavy (non-hydrogen) atoms. The standard InChI is InChI=1S/C32H27FN2O6S/c1-3-39-26(36)19-41-24-16-10-20(11-17-24)18-25-30(37)35-29(22-12-14-23(33)15-13-22)27(31(38)40-4-2)28(34-32(35)42-25)21-8-6-5-7-9-21/h5-18,29H,3-4,19H2,1-2H3. The lowest BCUT2D eigenvalue weighted by atomic mass is 9.93. The van der Waals surface area contributed by atoms with Gasteiger partial charge < -0.3 is 14.2 Å². The summed E-state index contributed by atoms with van der Waals surface area (Å²) in [5.41, 5.74) is 2.16. The van der Waals surface area contributed by atoms with E-state index in [9.17, 15) is 18.8 Å². The summed E-state index contributed by atoms with van der Waals surface area (Å²) in [4.78, 5) is 44.1. The summed E-state index contributed by atoms with van der Waals surface area (Å²) in [5, 5.41) is 0. The zero-order valence-corrected chi connectivity index (χ0v) is 23.7. The highest BCUT2D eigenvalue weighted by Crippen LogP contribution is 2.35. The Morgan fingerprint density at radius 3 is 2.31 bits per heavy atom. The molecular formula is C32H27FN2O6S. The first-order chi connectivity index (χ1) is 20.4. The number of rotatable bonds is 9. The van der Waals surface area contributed by atoms with E-state index < -0.39 is 23.8 Å². The third-order valence-electron chi connectivity index (χ3n) is 6.40. The van der Waals surface area contributed by atoms with E-state index in [2.05, 4.69) is 0 Å². The molecule has 0 spiro atoms. The lowest BCUT2D eigenvalue weighted by Gasteiger charge is -2.25. The van der Waals surface area contributed by atoms with E-state index in [-0.39, 0.29) is 31.0 Å². The Kier molecular flexibility index (Phi) is 8.73. The first kappa shape index (κ1) is 28.7. The van der Waals surface area contributed by atoms with Crippen LogP contribution in [0.2, 0.25) is 0 Å². The van der Waals surface area contributed by atoms with Crippen molar-refractivity contribution in [1.82, 2.24) is 4.57 Å². The lowest BCUT2D eigenvalue weighted by Crippen LogP contribution is -2.40. The van der Waals surface area contributed by atoms with Crippen molar-refractivity contribution in [2.45, 2.75) is 19.9 Å². The molecule has 0 N–H and O–H groups in total. The summed E-state index contributed by atoms with van der Waals surface area (Å²) in [5.74, 6) is -1.03. The minimum absolute atomic E-state index is 0.129. The average molecular weight is 587 g/mol. The molecule has 2 heterocycles. The van der Waals surface area contributed by atoms with Crippen LogP contribution in [0.25, 0.3) is 11.8 Å². The number of carbonyl (C=O) groups excluding carboxylic acids is 2. The molecule has 0 bridgehead atoms. The van der Waals surface area contributed by atoms with Crippen LogP contribution in [0.4, 0.5) is 4.39 Å². The molecule has 0 amide bonds. The highest BCUT2D eigenvalue weighted by Gasteiger charge is 2.35. The van der Waals surface area contributed by atoms with Crippen molar-refractivity contribution in [1.29, 1.82) is 0 Å². The smallest absolute Gasteiger partial charge is 0.344 e. The van der Waals surface area contributed by atoms with Crippen LogP contribution in [0.1, 0.15) is 36.6 Å². The Labute approximate surface area is 244 Å². The summed E-state index contributed by atoms with van der Waals surface area (Å²) < 4.78 is 31.5. The maximum Gasteiger partial charge on any atom is 0.344 e. The van der Waals surface area contributed by atoms with Crippen LogP contribution in [0.5, 0.6) is 5.75 Å². The summed E-state index contributed by atoms with van der Waals surface area (Å²) in [7, 11) is 0. The zero-order chi connectivity index (χ0) is 29.6. The second-order valence-corrected chi connectivity index (χ2v) is 10.2. The van der Waals surface area contributed by atoms with Gasteiger partial charge in [0, 0.05) is 5.56 Å². The van der Waals surface area contributed by atoms with Gasteiger partial charge in [-0.1, -0.05) is 65.9 Å². The number of hydrogen-bond donors (Lipinski definition) is 0. The number of hydrogen-bond acceptors (Lipinski definition) is 8. The summed E-state index contributed by atoms with van der Waals surface area (Å²) in [6, 6.07) is 20.9. The van der Waals surface area contributed by atoms with Crippen molar-refractivity contribution in [2.24, 2.45) is 4.99 Å². The highest BCUT2D eigenvalue weighted by atomic mass is 32.1. The average Bonchev–Trinajstić information content (AvgIpc) is 3.31. The number of halogens is 1. The summed E-state index contributed by atoms with van der Waals surface area (Å²) >= 11 is 1.18. The first-order valence-corrected chi connectivity index (χ1v) is 14.1. The van der Waals surface area contributed by atoms with Gasteiger partial charge in [0.25, 0.3) is 5.56 Å². The zero-order valence-electron chi connectivity index (χ0n) is 22.9. The van der Waals surface area contributed by atoms with E-state index >= 15 is 0 Å². The molecule has 0 saturated heterocycles. The van der Waals surface area contributed by atoms with Crippen molar-refractivity contribution in [3.63, 3.8) is 0 Å². The monoisotopic (exact) mass is 586 g/mol. The molecule has 1 atom stereocenters. The Balaban J connectivity index is 1.63. The summed E-state index contributed by atoms with van der Waals surface area (Å²) in [6.45, 7) is 3.62. The van der Waals surface area contributed by atoms with Gasteiger partial charge in [-0.15, -0.1) is 0 Å². The molecule has 3 aromatic carbocycles. The van der Waals surface area contributed by atoms with Crippen molar-refractivity contribution in [2.75, 3.05) is 19.8 Å². The Morgan fingerprint density at radius 2 is 1.64 bits per heavy atom. The van der Waals surface area contributed by atoms with Gasteiger partial charge >= 0.3 is 11.9 Å². The van der Waals surface area contributed by atoms with Crippen LogP contribution >= 0.6 is 11.3 Å². The van der Waals surface area contributed by atoms with Crippen LogP contribution in [0.15, 0.2) is 94.2 Å². The predicted molar refractivity (Wildman–Crippen MR) is 156 cm³/mol. The van der Waals surface area contributed by atoms with E-state index in [1.54, 1.807) is 56.3 Å². The number of thiazole rings is 1. The van der Waals surface area contributed by atoms with Crippen molar-refractivity contribution >= 4 is 35.0 Å². The Morgan fingerprint density at radius 1 is 0.952 bits per heavy atom. The molecule has 8 nitrogen and oxygen atoms in total. The number of nitrogens with zero attached hydrogens (tertiary/aromatic N) is 2. The molecule has 0 fully saturated rings. The van der Waals surface area contributed by atoms with Gasteiger partial charge in [-0.2, -0.15) is 0 Å². The molecule has 5 rings (SSSR count). The van der Waals surface area contributed by atoms with Gasteiger partial charge in [0.05, 0.1) is 35.1 Å². The third-order valence-corrected chi connectivity index (χ3v) is 7.38. The van der Waals surface area contributed by atoms with E-state index in [4.69, 9.17) is 19.2 Å². The summed E-state index contributed by atoms with van der Waals surface area (Å²) in [6.07, 6.45) is 1.72. The normalized spacial score (nSPS) is 14.6. The number of esters is 2. The van der Waals surface area contributed by atoms with E-state index in [0.717, 1.165) is 5.56 Å². The maximum absolute atomic E-state index is 13.9. The maximum atomic E-state index is 13.9. The van der Waals surface area contributed by atoms with Gasteiger partial charge in [0.1, 0.15) is 11.6 Å². The van der Waals surface area contributed by atoms with Crippen LogP contribution < -0.4 is 19.6 Å². The van der Waals surface area contributed by atoms with Crippen LogP contribution in [-0.2, 0) is 19.1 Å². The second-order valence-electron chi connectivity index (χ2n) is 9.15. The minimum Gasteiger partial charge on any atom is -0.482 e. The number of fused-ring (bicyclic) bond motifs is 1. The first-order valence-electron chi connectivity index (χ1n) is 13.3. The molecule has 1 aromatic heterocycles. The molecule has 10 heteroatoms.